The molecular formula is C11H14F2N2O. The van der Waals surface area contributed by atoms with E-state index in [9.17, 15) is 13.6 Å². The van der Waals surface area contributed by atoms with Gasteiger partial charge in [-0.2, -0.15) is 0 Å². The van der Waals surface area contributed by atoms with Crippen LogP contribution in [0.5, 0.6) is 0 Å². The van der Waals surface area contributed by atoms with Crippen molar-refractivity contribution < 1.29 is 13.6 Å². The third kappa shape index (κ3) is 3.27. The number of likely N-dealkylation sites (N-methyl/N-ethyl adjacent to an activating group) is 1. The Kier molecular flexibility index (Phi) is 4.37. The van der Waals surface area contributed by atoms with Crippen molar-refractivity contribution in [3.05, 3.63) is 35.4 Å². The summed E-state index contributed by atoms with van der Waals surface area (Å²) >= 11 is 0. The van der Waals surface area contributed by atoms with E-state index in [4.69, 9.17) is 0 Å². The van der Waals surface area contributed by atoms with Gasteiger partial charge in [-0.05, 0) is 25.1 Å². The normalized spacial score (nSPS) is 12.2. The molecule has 0 fully saturated rings. The number of carbonyl (C=O) groups is 1. The number of benzene rings is 1. The highest BCUT2D eigenvalue weighted by atomic mass is 19.1. The molecule has 0 aromatic heterocycles. The Morgan fingerprint density at radius 2 is 2.12 bits per heavy atom. The molecule has 0 heterocycles. The first kappa shape index (κ1) is 12.6. The maximum atomic E-state index is 13.2. The Hall–Kier alpha value is -1.49. The highest BCUT2D eigenvalue weighted by Crippen LogP contribution is 2.09. The van der Waals surface area contributed by atoms with E-state index in [0.717, 1.165) is 18.2 Å². The summed E-state index contributed by atoms with van der Waals surface area (Å²) in [7, 11) is 1.52. The van der Waals surface area contributed by atoms with Crippen molar-refractivity contribution in [1.29, 1.82) is 0 Å². The number of hydrogen-bond donors (Lipinski definition) is 2. The molecule has 1 aromatic rings. The summed E-state index contributed by atoms with van der Waals surface area (Å²) in [6.45, 7) is 1.76. The van der Waals surface area contributed by atoms with Crippen LogP contribution < -0.4 is 10.6 Å². The first-order valence-corrected chi connectivity index (χ1v) is 4.93. The van der Waals surface area contributed by atoms with Crippen molar-refractivity contribution in [3.8, 4) is 0 Å². The van der Waals surface area contributed by atoms with Crippen molar-refractivity contribution in [3.63, 3.8) is 0 Å². The van der Waals surface area contributed by atoms with Crippen molar-refractivity contribution >= 4 is 5.91 Å². The van der Waals surface area contributed by atoms with Gasteiger partial charge < -0.3 is 10.6 Å². The van der Waals surface area contributed by atoms with Gasteiger partial charge in [0, 0.05) is 19.2 Å². The van der Waals surface area contributed by atoms with Crippen LogP contribution >= 0.6 is 0 Å². The maximum Gasteiger partial charge on any atom is 0.236 e. The molecule has 0 aliphatic rings. The third-order valence-electron chi connectivity index (χ3n) is 2.25. The lowest BCUT2D eigenvalue weighted by molar-refractivity contribution is -0.122. The lowest BCUT2D eigenvalue weighted by Crippen LogP contribution is -2.40. The second kappa shape index (κ2) is 5.55. The van der Waals surface area contributed by atoms with Crippen LogP contribution in [-0.2, 0) is 11.3 Å². The molecular weight excluding hydrogens is 214 g/mol. The van der Waals surface area contributed by atoms with Crippen LogP contribution in [0.25, 0.3) is 0 Å². The second-order valence-corrected chi connectivity index (χ2v) is 3.45. The van der Waals surface area contributed by atoms with E-state index in [2.05, 4.69) is 10.6 Å². The molecule has 16 heavy (non-hydrogen) atoms. The zero-order valence-corrected chi connectivity index (χ0v) is 9.18. The molecule has 88 valence electrons. The van der Waals surface area contributed by atoms with Crippen molar-refractivity contribution in [1.82, 2.24) is 10.6 Å². The van der Waals surface area contributed by atoms with E-state index >= 15 is 0 Å². The van der Waals surface area contributed by atoms with E-state index in [1.54, 1.807) is 6.92 Å². The summed E-state index contributed by atoms with van der Waals surface area (Å²) in [4.78, 5) is 11.1. The van der Waals surface area contributed by atoms with Gasteiger partial charge in [0.25, 0.3) is 0 Å². The Labute approximate surface area is 92.8 Å². The summed E-state index contributed by atoms with van der Waals surface area (Å²) in [6.07, 6.45) is 0. The molecule has 0 saturated heterocycles. The van der Waals surface area contributed by atoms with Crippen LogP contribution in [0.2, 0.25) is 0 Å². The van der Waals surface area contributed by atoms with Crippen LogP contribution in [0.1, 0.15) is 12.5 Å². The molecule has 0 bridgehead atoms. The van der Waals surface area contributed by atoms with E-state index < -0.39 is 17.7 Å². The zero-order chi connectivity index (χ0) is 12.1. The van der Waals surface area contributed by atoms with E-state index in [1.807, 2.05) is 0 Å². The lowest BCUT2D eigenvalue weighted by atomic mass is 10.2. The van der Waals surface area contributed by atoms with Gasteiger partial charge in [-0.1, -0.05) is 0 Å². The molecule has 1 rings (SSSR count). The predicted molar refractivity (Wildman–Crippen MR) is 56.7 cm³/mol. The average molecular weight is 228 g/mol. The molecule has 0 unspecified atom stereocenters. The molecule has 1 aromatic carbocycles. The van der Waals surface area contributed by atoms with Crippen LogP contribution in [0.15, 0.2) is 18.2 Å². The molecule has 0 saturated carbocycles. The van der Waals surface area contributed by atoms with Crippen molar-refractivity contribution in [2.45, 2.75) is 19.5 Å². The summed E-state index contributed by atoms with van der Waals surface area (Å²) in [5, 5.41) is 5.26. The molecule has 0 radical (unpaired) electrons. The quantitative estimate of drug-likeness (QED) is 0.812. The Morgan fingerprint density at radius 1 is 1.44 bits per heavy atom. The fourth-order valence-electron chi connectivity index (χ4n) is 1.25. The summed E-state index contributed by atoms with van der Waals surface area (Å²) in [6, 6.07) is 2.78. The summed E-state index contributed by atoms with van der Waals surface area (Å²) in [5.41, 5.74) is 0.204. The predicted octanol–water partition coefficient (Wildman–Crippen LogP) is 1.19. The minimum Gasteiger partial charge on any atom is -0.358 e. The average Bonchev–Trinajstić information content (AvgIpc) is 2.28. The second-order valence-electron chi connectivity index (χ2n) is 3.45. The molecule has 0 spiro atoms. The molecule has 0 aliphatic heterocycles. The van der Waals surface area contributed by atoms with Gasteiger partial charge in [-0.15, -0.1) is 0 Å². The fourth-order valence-corrected chi connectivity index (χ4v) is 1.25. The van der Waals surface area contributed by atoms with E-state index in [1.165, 1.54) is 7.05 Å². The number of amides is 1. The zero-order valence-electron chi connectivity index (χ0n) is 9.18. The largest absolute Gasteiger partial charge is 0.358 e. The smallest absolute Gasteiger partial charge is 0.236 e. The van der Waals surface area contributed by atoms with Crippen LogP contribution in [0.4, 0.5) is 8.78 Å². The highest BCUT2D eigenvalue weighted by Gasteiger charge is 2.11. The Morgan fingerprint density at radius 3 is 2.75 bits per heavy atom. The van der Waals surface area contributed by atoms with E-state index in [0.29, 0.717) is 0 Å². The lowest BCUT2D eigenvalue weighted by Gasteiger charge is -2.12. The number of halogens is 2. The SMILES string of the molecule is CNC(=O)[C@@H](C)NCc1cc(F)ccc1F. The molecule has 1 amide bonds. The number of rotatable bonds is 4. The van der Waals surface area contributed by atoms with Crippen molar-refractivity contribution in [2.75, 3.05) is 7.05 Å². The number of hydrogen-bond acceptors (Lipinski definition) is 2. The fraction of sp³-hybridized carbons (Fsp3) is 0.364. The topological polar surface area (TPSA) is 41.1 Å². The Balaban J connectivity index is 2.60. The molecule has 2 N–H and O–H groups in total. The Bertz CT molecular complexity index is 382. The van der Waals surface area contributed by atoms with Crippen molar-refractivity contribution in [2.24, 2.45) is 0 Å². The summed E-state index contributed by atoms with van der Waals surface area (Å²) in [5.74, 6) is -1.18. The first-order chi connectivity index (χ1) is 7.54. The van der Waals surface area contributed by atoms with Gasteiger partial charge in [-0.3, -0.25) is 4.79 Å². The minimum absolute atomic E-state index is 0.109. The molecule has 1 atom stereocenters. The highest BCUT2D eigenvalue weighted by molar-refractivity contribution is 5.80. The molecule has 3 nitrogen and oxygen atoms in total. The van der Waals surface area contributed by atoms with E-state index in [-0.39, 0.29) is 18.0 Å². The number of carbonyl (C=O) groups excluding carboxylic acids is 1. The first-order valence-electron chi connectivity index (χ1n) is 4.93. The standard InChI is InChI=1S/C11H14F2N2O/c1-7(11(16)14-2)15-6-8-5-9(12)3-4-10(8)13/h3-5,7,15H,6H2,1-2H3,(H,14,16)/t7-/m1/s1. The summed E-state index contributed by atoms with van der Waals surface area (Å²) < 4.78 is 26.0. The van der Waals surface area contributed by atoms with Crippen LogP contribution in [0.3, 0.4) is 0 Å². The van der Waals surface area contributed by atoms with Gasteiger partial charge in [0.1, 0.15) is 11.6 Å². The van der Waals surface area contributed by atoms with Crippen LogP contribution in [-0.4, -0.2) is 19.0 Å². The van der Waals surface area contributed by atoms with Gasteiger partial charge in [-0.25, -0.2) is 8.78 Å². The number of nitrogens with one attached hydrogen (secondary N) is 2. The van der Waals surface area contributed by atoms with Gasteiger partial charge in [0.15, 0.2) is 0 Å². The minimum atomic E-state index is -0.495. The molecule has 0 aliphatic carbocycles. The monoisotopic (exact) mass is 228 g/mol. The maximum absolute atomic E-state index is 13.2. The van der Waals surface area contributed by atoms with Gasteiger partial charge >= 0.3 is 0 Å². The van der Waals surface area contributed by atoms with Gasteiger partial charge in [0.05, 0.1) is 6.04 Å². The molecule has 5 heteroatoms. The van der Waals surface area contributed by atoms with Gasteiger partial charge in [0.2, 0.25) is 5.91 Å². The van der Waals surface area contributed by atoms with Crippen LogP contribution in [0, 0.1) is 11.6 Å². The third-order valence-corrected chi connectivity index (χ3v) is 2.25.